The molecular formula is C16H26N2. The number of nitrogens with two attached hydrogens (primary N) is 1. The highest BCUT2D eigenvalue weighted by Gasteiger charge is 2.19. The summed E-state index contributed by atoms with van der Waals surface area (Å²) in [7, 11) is 0. The lowest BCUT2D eigenvalue weighted by Gasteiger charge is -2.29. The molecule has 2 nitrogen and oxygen atoms in total. The van der Waals surface area contributed by atoms with Crippen molar-refractivity contribution in [3.63, 3.8) is 0 Å². The molecule has 0 radical (unpaired) electrons. The molecule has 1 aromatic carbocycles. The van der Waals surface area contributed by atoms with Gasteiger partial charge in [-0.1, -0.05) is 32.0 Å². The third-order valence-corrected chi connectivity index (χ3v) is 4.12. The van der Waals surface area contributed by atoms with Crippen molar-refractivity contribution in [2.24, 2.45) is 5.73 Å². The predicted molar refractivity (Wildman–Crippen MR) is 79.1 cm³/mol. The molecule has 0 bridgehead atoms. The first kappa shape index (κ1) is 13.4. The molecule has 1 saturated carbocycles. The minimum Gasteiger partial charge on any atom is -0.382 e. The molecule has 1 aromatic rings. The summed E-state index contributed by atoms with van der Waals surface area (Å²) in [5, 5.41) is 3.78. The van der Waals surface area contributed by atoms with Crippen LogP contribution >= 0.6 is 0 Å². The Kier molecular flexibility index (Phi) is 4.65. The first-order chi connectivity index (χ1) is 8.74. The van der Waals surface area contributed by atoms with E-state index < -0.39 is 0 Å². The van der Waals surface area contributed by atoms with E-state index in [1.807, 2.05) is 0 Å². The van der Waals surface area contributed by atoms with E-state index in [0.29, 0.717) is 12.1 Å². The van der Waals surface area contributed by atoms with Gasteiger partial charge in [0.05, 0.1) is 0 Å². The topological polar surface area (TPSA) is 38.0 Å². The van der Waals surface area contributed by atoms with Crippen molar-refractivity contribution in [3.05, 3.63) is 29.3 Å². The second-order valence-corrected chi connectivity index (χ2v) is 5.41. The molecule has 0 saturated heterocycles. The van der Waals surface area contributed by atoms with Crippen LogP contribution in [0.15, 0.2) is 18.2 Å². The average Bonchev–Trinajstić information content (AvgIpc) is 2.41. The normalized spacial score (nSPS) is 23.9. The van der Waals surface area contributed by atoms with Gasteiger partial charge in [0.2, 0.25) is 0 Å². The Hall–Kier alpha value is -1.02. The third-order valence-electron chi connectivity index (χ3n) is 4.12. The molecule has 2 rings (SSSR count). The van der Waals surface area contributed by atoms with E-state index in [9.17, 15) is 0 Å². The summed E-state index contributed by atoms with van der Waals surface area (Å²) >= 11 is 0. The van der Waals surface area contributed by atoms with Gasteiger partial charge < -0.3 is 11.1 Å². The Morgan fingerprint density at radius 1 is 1.06 bits per heavy atom. The van der Waals surface area contributed by atoms with Crippen molar-refractivity contribution >= 4 is 5.69 Å². The number of benzene rings is 1. The van der Waals surface area contributed by atoms with Crippen LogP contribution in [-0.2, 0) is 12.8 Å². The molecule has 0 aliphatic heterocycles. The maximum atomic E-state index is 5.97. The lowest BCUT2D eigenvalue weighted by molar-refractivity contribution is 0.411. The molecule has 2 heteroatoms. The van der Waals surface area contributed by atoms with Gasteiger partial charge in [0.25, 0.3) is 0 Å². The Balaban J connectivity index is 2.12. The largest absolute Gasteiger partial charge is 0.382 e. The molecular weight excluding hydrogens is 220 g/mol. The summed E-state index contributed by atoms with van der Waals surface area (Å²) in [6.45, 7) is 4.47. The van der Waals surface area contributed by atoms with Crippen LogP contribution in [0.4, 0.5) is 5.69 Å². The molecule has 3 N–H and O–H groups in total. The molecule has 0 amide bonds. The molecule has 0 atom stereocenters. The number of anilines is 1. The molecule has 0 spiro atoms. The first-order valence-electron chi connectivity index (χ1n) is 7.37. The Bertz CT molecular complexity index is 356. The SMILES string of the molecule is CCc1cccc(CC)c1NC1CCC(N)CC1. The zero-order valence-electron chi connectivity index (χ0n) is 11.7. The second kappa shape index (κ2) is 6.24. The highest BCUT2D eigenvalue weighted by atomic mass is 14.9. The van der Waals surface area contributed by atoms with Gasteiger partial charge in [-0.15, -0.1) is 0 Å². The summed E-state index contributed by atoms with van der Waals surface area (Å²) < 4.78 is 0. The van der Waals surface area contributed by atoms with Crippen LogP contribution in [0.25, 0.3) is 0 Å². The standard InChI is InChI=1S/C16H26N2/c1-3-12-6-5-7-13(4-2)16(12)18-15-10-8-14(17)9-11-15/h5-7,14-15,18H,3-4,8-11,17H2,1-2H3. The number of aryl methyl sites for hydroxylation is 2. The van der Waals surface area contributed by atoms with Gasteiger partial charge in [-0.05, 0) is 49.7 Å². The molecule has 0 unspecified atom stereocenters. The third kappa shape index (κ3) is 3.05. The predicted octanol–water partition coefficient (Wildman–Crippen LogP) is 3.49. The first-order valence-corrected chi connectivity index (χ1v) is 7.37. The summed E-state index contributed by atoms with van der Waals surface area (Å²) in [6, 6.07) is 7.71. The summed E-state index contributed by atoms with van der Waals surface area (Å²) in [6.07, 6.45) is 6.94. The van der Waals surface area contributed by atoms with Crippen LogP contribution in [0.5, 0.6) is 0 Å². The van der Waals surface area contributed by atoms with Gasteiger partial charge in [-0.3, -0.25) is 0 Å². The quantitative estimate of drug-likeness (QED) is 0.853. The molecule has 0 aromatic heterocycles. The van der Waals surface area contributed by atoms with E-state index in [4.69, 9.17) is 5.73 Å². The fourth-order valence-electron chi connectivity index (χ4n) is 2.90. The van der Waals surface area contributed by atoms with Crippen molar-refractivity contribution in [2.75, 3.05) is 5.32 Å². The minimum absolute atomic E-state index is 0.426. The molecule has 100 valence electrons. The lowest BCUT2D eigenvalue weighted by atomic mass is 9.91. The smallest absolute Gasteiger partial charge is 0.0407 e. The summed E-state index contributed by atoms with van der Waals surface area (Å²) in [5.74, 6) is 0. The van der Waals surface area contributed by atoms with E-state index in [-0.39, 0.29) is 0 Å². The van der Waals surface area contributed by atoms with Crippen molar-refractivity contribution in [3.8, 4) is 0 Å². The minimum atomic E-state index is 0.426. The van der Waals surface area contributed by atoms with Gasteiger partial charge in [0.1, 0.15) is 0 Å². The maximum absolute atomic E-state index is 5.97. The number of hydrogen-bond acceptors (Lipinski definition) is 2. The summed E-state index contributed by atoms with van der Waals surface area (Å²) in [4.78, 5) is 0. The monoisotopic (exact) mass is 246 g/mol. The molecule has 1 aliphatic carbocycles. The van der Waals surface area contributed by atoms with Crippen molar-refractivity contribution in [1.82, 2.24) is 0 Å². The van der Waals surface area contributed by atoms with Gasteiger partial charge in [-0.25, -0.2) is 0 Å². The molecule has 18 heavy (non-hydrogen) atoms. The van der Waals surface area contributed by atoms with Crippen LogP contribution in [0.3, 0.4) is 0 Å². The van der Waals surface area contributed by atoms with E-state index in [2.05, 4.69) is 37.4 Å². The second-order valence-electron chi connectivity index (χ2n) is 5.41. The highest BCUT2D eigenvalue weighted by Crippen LogP contribution is 2.27. The van der Waals surface area contributed by atoms with Crippen LogP contribution < -0.4 is 11.1 Å². The van der Waals surface area contributed by atoms with Crippen LogP contribution in [-0.4, -0.2) is 12.1 Å². The highest BCUT2D eigenvalue weighted by molar-refractivity contribution is 5.58. The van der Waals surface area contributed by atoms with Crippen LogP contribution in [0.2, 0.25) is 0 Å². The van der Waals surface area contributed by atoms with Crippen molar-refractivity contribution < 1.29 is 0 Å². The molecule has 1 aliphatic rings. The van der Waals surface area contributed by atoms with Gasteiger partial charge >= 0.3 is 0 Å². The zero-order chi connectivity index (χ0) is 13.0. The lowest BCUT2D eigenvalue weighted by Crippen LogP contribution is -2.33. The number of hydrogen-bond donors (Lipinski definition) is 2. The van der Waals surface area contributed by atoms with E-state index in [1.165, 1.54) is 29.7 Å². The number of para-hydroxylation sites is 1. The zero-order valence-corrected chi connectivity index (χ0v) is 11.7. The van der Waals surface area contributed by atoms with Gasteiger partial charge in [0, 0.05) is 17.8 Å². The number of nitrogens with one attached hydrogen (secondary N) is 1. The van der Waals surface area contributed by atoms with Crippen molar-refractivity contribution in [1.29, 1.82) is 0 Å². The Labute approximate surface area is 111 Å². The molecule has 0 heterocycles. The van der Waals surface area contributed by atoms with Gasteiger partial charge in [-0.2, -0.15) is 0 Å². The summed E-state index contributed by atoms with van der Waals surface area (Å²) in [5.41, 5.74) is 10.3. The van der Waals surface area contributed by atoms with E-state index in [1.54, 1.807) is 0 Å². The Morgan fingerprint density at radius 3 is 2.11 bits per heavy atom. The maximum Gasteiger partial charge on any atom is 0.0407 e. The van der Waals surface area contributed by atoms with E-state index in [0.717, 1.165) is 25.7 Å². The Morgan fingerprint density at radius 2 is 1.61 bits per heavy atom. The van der Waals surface area contributed by atoms with Gasteiger partial charge in [0.15, 0.2) is 0 Å². The molecule has 1 fully saturated rings. The van der Waals surface area contributed by atoms with Crippen molar-refractivity contribution in [2.45, 2.75) is 64.5 Å². The van der Waals surface area contributed by atoms with E-state index >= 15 is 0 Å². The van der Waals surface area contributed by atoms with Crippen LogP contribution in [0, 0.1) is 0 Å². The average molecular weight is 246 g/mol. The fraction of sp³-hybridized carbons (Fsp3) is 0.625. The fourth-order valence-corrected chi connectivity index (χ4v) is 2.90. The van der Waals surface area contributed by atoms with Crippen LogP contribution in [0.1, 0.15) is 50.7 Å². The number of rotatable bonds is 4.